The number of hydrogen-bond acceptors (Lipinski definition) is 16. The molecule has 320 valence electrons. The Bertz CT molecular complexity index is 2140. The van der Waals surface area contributed by atoms with E-state index in [1.165, 1.54) is 14.5 Å². The zero-order chi connectivity index (χ0) is 43.9. The highest BCUT2D eigenvalue weighted by atomic mass is 31.2. The van der Waals surface area contributed by atoms with E-state index in [4.69, 9.17) is 48.9 Å². The van der Waals surface area contributed by atoms with Crippen LogP contribution < -0.4 is 29.6 Å². The molecule has 0 aliphatic rings. The van der Waals surface area contributed by atoms with Gasteiger partial charge in [-0.3, -0.25) is 0 Å². The second-order valence-corrected chi connectivity index (χ2v) is 13.9. The molecular weight excluding hydrogens is 797 g/mol. The highest BCUT2D eigenvalue weighted by molar-refractivity contribution is 7.40. The molecule has 0 aliphatic heterocycles. The number of hydrogen-bond donors (Lipinski definition) is 0. The molecule has 26 heteroatoms. The molecule has 6 aromatic rings. The Labute approximate surface area is 338 Å². The molecule has 25 nitrogen and oxygen atoms in total. The van der Waals surface area contributed by atoms with Crippen LogP contribution in [0.3, 0.4) is 0 Å². The summed E-state index contributed by atoms with van der Waals surface area (Å²) in [6.45, 7) is 0. The number of nitrogens with zero attached hydrogens (tertiary/aromatic N) is 15. The maximum Gasteiger partial charge on any atom is 0.489 e. The summed E-state index contributed by atoms with van der Waals surface area (Å²) in [4.78, 5) is 66.0. The molecular formula is C33H48N15O10P. The topological polar surface area (TPSA) is 253 Å². The minimum Gasteiger partial charge on any atom is -0.822 e. The molecule has 3 aromatic heterocycles. The third-order valence-electron chi connectivity index (χ3n) is 6.81. The van der Waals surface area contributed by atoms with Crippen LogP contribution in [0.1, 0.15) is 0 Å². The molecule has 0 saturated carbocycles. The van der Waals surface area contributed by atoms with Crippen LogP contribution in [-0.2, 0) is 19.2 Å². The highest BCUT2D eigenvalue weighted by Gasteiger charge is 2.19. The largest absolute Gasteiger partial charge is 0.822 e. The average molecular weight is 846 g/mol. The molecule has 3 heterocycles. The summed E-state index contributed by atoms with van der Waals surface area (Å²) in [7, 11) is 16.9. The van der Waals surface area contributed by atoms with Gasteiger partial charge in [0.1, 0.15) is 33.1 Å². The van der Waals surface area contributed by atoms with Crippen LogP contribution in [0.4, 0.5) is 0 Å². The first kappa shape index (κ1) is 46.6. The molecule has 0 aliphatic carbocycles. The lowest BCUT2D eigenvalue weighted by Crippen LogP contribution is -2.35. The SMILES string of the molecule is CN(C)C(OOn1nnc2ccccc21)=[N+](C)C.CN(C)C(OOn1nnc2ccccc21)=[N+](C)C.CN(C)C(OOn1nnc2ccccc21)=[N+](C)C.O=P([O-])([O-])[O-]. The van der Waals surface area contributed by atoms with E-state index in [-0.39, 0.29) is 0 Å². The Kier molecular flexibility index (Phi) is 17.1. The number of aromatic nitrogens is 9. The molecule has 0 spiro atoms. The third-order valence-corrected chi connectivity index (χ3v) is 6.81. The summed E-state index contributed by atoms with van der Waals surface area (Å²) < 4.78 is 13.9. The van der Waals surface area contributed by atoms with E-state index >= 15 is 0 Å². The first-order chi connectivity index (χ1) is 27.8. The Morgan fingerprint density at radius 3 is 0.915 bits per heavy atom. The molecule has 0 N–H and O–H groups in total. The van der Waals surface area contributed by atoms with Gasteiger partial charge in [-0.15, -0.1) is 15.3 Å². The molecule has 0 fully saturated rings. The van der Waals surface area contributed by atoms with E-state index in [0.717, 1.165) is 33.1 Å². The minimum absolute atomic E-state index is 0.551. The van der Waals surface area contributed by atoms with Crippen LogP contribution in [0.2, 0.25) is 0 Å². The van der Waals surface area contributed by atoms with Gasteiger partial charge in [-0.25, -0.2) is 28.4 Å². The molecule has 0 saturated heterocycles. The first-order valence-corrected chi connectivity index (χ1v) is 18.6. The second kappa shape index (κ2) is 21.6. The van der Waals surface area contributed by atoms with Gasteiger partial charge in [-0.05, 0) is 66.6 Å². The fraction of sp³-hybridized carbons (Fsp3) is 0.364. The number of phosphoric acid groups is 1. The van der Waals surface area contributed by atoms with E-state index in [0.29, 0.717) is 18.1 Å². The molecule has 0 bridgehead atoms. The average Bonchev–Trinajstić information content (AvgIpc) is 3.88. The van der Waals surface area contributed by atoms with E-state index in [9.17, 15) is 0 Å². The zero-order valence-corrected chi connectivity index (χ0v) is 35.6. The van der Waals surface area contributed by atoms with Gasteiger partial charge in [0.25, 0.3) is 0 Å². The van der Waals surface area contributed by atoms with E-state index in [1.807, 2.05) is 157 Å². The van der Waals surface area contributed by atoms with Crippen LogP contribution >= 0.6 is 7.82 Å². The van der Waals surface area contributed by atoms with Gasteiger partial charge in [-0.2, -0.15) is 37.5 Å². The number of para-hydroxylation sites is 3. The smallest absolute Gasteiger partial charge is 0.489 e. The summed E-state index contributed by atoms with van der Waals surface area (Å²) in [5.41, 5.74) is 4.48. The molecule has 0 unspecified atom stereocenters. The van der Waals surface area contributed by atoms with Crippen LogP contribution in [0.5, 0.6) is 0 Å². The van der Waals surface area contributed by atoms with Crippen molar-refractivity contribution in [3.63, 3.8) is 0 Å². The molecule has 0 radical (unpaired) electrons. The maximum absolute atomic E-state index is 8.55. The Morgan fingerprint density at radius 1 is 0.492 bits per heavy atom. The second-order valence-electron chi connectivity index (χ2n) is 13.0. The van der Waals surface area contributed by atoms with Gasteiger partial charge in [0, 0.05) is 0 Å². The van der Waals surface area contributed by atoms with Crippen molar-refractivity contribution >= 4 is 59.0 Å². The maximum atomic E-state index is 8.55. The van der Waals surface area contributed by atoms with E-state index < -0.39 is 7.82 Å². The van der Waals surface area contributed by atoms with Gasteiger partial charge >= 0.3 is 18.1 Å². The van der Waals surface area contributed by atoms with Crippen molar-refractivity contribution in [3.8, 4) is 0 Å². The lowest BCUT2D eigenvalue weighted by Gasteiger charge is -2.36. The number of fused-ring (bicyclic) bond motifs is 3. The van der Waals surface area contributed by atoms with Crippen molar-refractivity contribution in [1.29, 1.82) is 0 Å². The quantitative estimate of drug-likeness (QED) is 0.0408. The van der Waals surface area contributed by atoms with Crippen LogP contribution in [0.25, 0.3) is 33.1 Å². The first-order valence-electron chi connectivity index (χ1n) is 17.1. The standard InChI is InChI=1S/3C11H16N5O2.H3O4P/c3*1-14(2)11(15(3)4)17-18-16-10-8-6-5-7-9(10)12-13-16;1-5(2,3)4/h3*5-8H,1-4H3;(H3,1,2,3,4)/q3*+1;/p-3. The minimum atomic E-state index is -5.39. The fourth-order valence-corrected chi connectivity index (χ4v) is 4.56. The summed E-state index contributed by atoms with van der Waals surface area (Å²) in [5.74, 6) is 0. The van der Waals surface area contributed by atoms with Crippen molar-refractivity contribution < 1.29 is 62.6 Å². The monoisotopic (exact) mass is 845 g/mol. The van der Waals surface area contributed by atoms with Crippen molar-refractivity contribution in [2.45, 2.75) is 0 Å². The van der Waals surface area contributed by atoms with Gasteiger partial charge < -0.3 is 19.2 Å². The molecule has 0 atom stereocenters. The third kappa shape index (κ3) is 14.6. The van der Waals surface area contributed by atoms with Gasteiger partial charge in [0.2, 0.25) is 0 Å². The lowest BCUT2D eigenvalue weighted by molar-refractivity contribution is -0.493. The van der Waals surface area contributed by atoms with Crippen molar-refractivity contribution in [2.24, 2.45) is 0 Å². The van der Waals surface area contributed by atoms with Gasteiger partial charge in [-0.1, -0.05) is 36.4 Å². The van der Waals surface area contributed by atoms with Crippen LogP contribution in [0, 0.1) is 0 Å². The number of rotatable bonds is 6. The van der Waals surface area contributed by atoms with Crippen molar-refractivity contribution in [1.82, 2.24) is 60.2 Å². The predicted octanol–water partition coefficient (Wildman–Crippen LogP) is -2.88. The summed E-state index contributed by atoms with van der Waals surface area (Å²) in [6.07, 6.45) is 0. The fourth-order valence-electron chi connectivity index (χ4n) is 4.56. The number of amidine groups is 3. The van der Waals surface area contributed by atoms with E-state index in [2.05, 4.69) is 30.9 Å². The van der Waals surface area contributed by atoms with Crippen molar-refractivity contribution in [2.75, 3.05) is 84.6 Å². The van der Waals surface area contributed by atoms with Gasteiger partial charge in [0.15, 0.2) is 0 Å². The van der Waals surface area contributed by atoms with Gasteiger partial charge in [0.05, 0.1) is 84.6 Å². The van der Waals surface area contributed by atoms with E-state index in [1.54, 1.807) is 28.4 Å². The van der Waals surface area contributed by atoms with Crippen LogP contribution in [-0.4, -0.2) is 177 Å². The molecule has 59 heavy (non-hydrogen) atoms. The zero-order valence-electron chi connectivity index (χ0n) is 34.7. The Morgan fingerprint density at radius 2 is 0.712 bits per heavy atom. The highest BCUT2D eigenvalue weighted by Crippen LogP contribution is 2.10. The molecule has 6 rings (SSSR count). The van der Waals surface area contributed by atoms with Crippen LogP contribution in [0.15, 0.2) is 72.8 Å². The van der Waals surface area contributed by atoms with Crippen molar-refractivity contribution in [3.05, 3.63) is 72.8 Å². The summed E-state index contributed by atoms with van der Waals surface area (Å²) in [5, 5.41) is 23.4. The summed E-state index contributed by atoms with van der Waals surface area (Å²) in [6, 6.07) is 24.1. The predicted molar refractivity (Wildman–Crippen MR) is 206 cm³/mol. The Balaban J connectivity index is 0.000000223. The summed E-state index contributed by atoms with van der Waals surface area (Å²) >= 11 is 0. The molecule has 3 aromatic carbocycles. The molecule has 0 amide bonds. The lowest BCUT2D eigenvalue weighted by atomic mass is 10.3. The Hall–Kier alpha value is -6.82. The number of benzene rings is 3. The normalized spacial score (nSPS) is 10.4.